The zero-order chi connectivity index (χ0) is 22.1. The minimum absolute atomic E-state index is 0.0761. The summed E-state index contributed by atoms with van der Waals surface area (Å²) in [5.41, 5.74) is -3.35. The summed E-state index contributed by atoms with van der Waals surface area (Å²) in [7, 11) is 0. The van der Waals surface area contributed by atoms with Crippen LogP contribution in [0.15, 0.2) is 12.1 Å². The highest BCUT2D eigenvalue weighted by molar-refractivity contribution is 5.91. The quantitative estimate of drug-likeness (QED) is 0.278. The molecule has 0 heterocycles. The van der Waals surface area contributed by atoms with Gasteiger partial charge in [0.2, 0.25) is 0 Å². The third-order valence-electron chi connectivity index (χ3n) is 5.03. The Morgan fingerprint density at radius 3 is 2.20 bits per heavy atom. The largest absolute Gasteiger partial charge is 0.545 e. The van der Waals surface area contributed by atoms with Gasteiger partial charge in [-0.05, 0) is 19.8 Å². The summed E-state index contributed by atoms with van der Waals surface area (Å²) >= 11 is 0. The molecule has 166 valence electrons. The van der Waals surface area contributed by atoms with E-state index in [9.17, 15) is 30.1 Å². The van der Waals surface area contributed by atoms with Crippen LogP contribution in [0.5, 0.6) is 0 Å². The van der Waals surface area contributed by atoms with Gasteiger partial charge in [-0.25, -0.2) is 0 Å². The van der Waals surface area contributed by atoms with E-state index in [2.05, 4.69) is 0 Å². The molecule has 0 aliphatic heterocycles. The van der Waals surface area contributed by atoms with Crippen LogP contribution in [0.3, 0.4) is 0 Å². The van der Waals surface area contributed by atoms with Gasteiger partial charge in [0.1, 0.15) is 5.60 Å². The molecule has 0 N–H and O–H groups in total. The van der Waals surface area contributed by atoms with E-state index < -0.39 is 38.4 Å². The van der Waals surface area contributed by atoms with Crippen molar-refractivity contribution in [2.45, 2.75) is 44.6 Å². The van der Waals surface area contributed by atoms with Crippen LogP contribution in [0.25, 0.3) is 0 Å². The Balaban J connectivity index is 2.39. The molecule has 1 saturated carbocycles. The Kier molecular flexibility index (Phi) is 8.63. The zero-order valence-corrected chi connectivity index (χ0v) is 16.8. The van der Waals surface area contributed by atoms with Gasteiger partial charge < -0.3 is 24.1 Å². The topological polar surface area (TPSA) is 154 Å². The number of nitro groups is 2. The van der Waals surface area contributed by atoms with Gasteiger partial charge in [0.25, 0.3) is 11.4 Å². The molecule has 1 aliphatic carbocycles. The summed E-state index contributed by atoms with van der Waals surface area (Å²) in [6.07, 6.45) is 2.92. The van der Waals surface area contributed by atoms with Crippen molar-refractivity contribution in [2.75, 3.05) is 33.0 Å². The van der Waals surface area contributed by atoms with E-state index in [4.69, 9.17) is 14.2 Å². The Morgan fingerprint density at radius 2 is 1.63 bits per heavy atom. The van der Waals surface area contributed by atoms with Gasteiger partial charge in [-0.15, -0.1) is 0 Å². The van der Waals surface area contributed by atoms with E-state index in [0.717, 1.165) is 18.6 Å². The van der Waals surface area contributed by atoms with Crippen LogP contribution in [-0.4, -0.2) is 48.9 Å². The van der Waals surface area contributed by atoms with Crippen molar-refractivity contribution in [3.05, 3.63) is 43.5 Å². The van der Waals surface area contributed by atoms with Crippen LogP contribution in [-0.2, 0) is 19.8 Å². The molecule has 1 fully saturated rings. The highest BCUT2D eigenvalue weighted by Gasteiger charge is 2.43. The van der Waals surface area contributed by atoms with Gasteiger partial charge in [0.05, 0.1) is 53.9 Å². The predicted molar refractivity (Wildman–Crippen MR) is 102 cm³/mol. The minimum atomic E-state index is -1.72. The first kappa shape index (κ1) is 23.6. The molecule has 30 heavy (non-hydrogen) atoms. The van der Waals surface area contributed by atoms with Gasteiger partial charge in [0.15, 0.2) is 0 Å². The molecule has 1 aliphatic rings. The maximum Gasteiger partial charge on any atom is 0.283 e. The van der Waals surface area contributed by atoms with E-state index in [-0.39, 0.29) is 18.8 Å². The molecule has 0 atom stereocenters. The second-order valence-electron chi connectivity index (χ2n) is 6.90. The number of nitro benzene ring substituents is 2. The Labute approximate surface area is 173 Å². The first-order chi connectivity index (χ1) is 14.3. The van der Waals surface area contributed by atoms with Crippen molar-refractivity contribution in [1.29, 1.82) is 0 Å². The SMILES string of the molecule is CCOCCOCCOC1(c2c(C(=O)[O-])cc([N+](=O)[O-])cc2[N+](=O)[O-])CCCCC1. The molecular weight excluding hydrogens is 400 g/mol. The normalized spacial score (nSPS) is 15.6. The van der Waals surface area contributed by atoms with E-state index in [1.54, 1.807) is 0 Å². The summed E-state index contributed by atoms with van der Waals surface area (Å²) in [6.45, 7) is 3.47. The fourth-order valence-electron chi connectivity index (χ4n) is 3.75. The van der Waals surface area contributed by atoms with Crippen molar-refractivity contribution in [3.8, 4) is 0 Å². The van der Waals surface area contributed by atoms with Crippen LogP contribution in [0.4, 0.5) is 11.4 Å². The molecule has 11 heteroatoms. The fourth-order valence-corrected chi connectivity index (χ4v) is 3.75. The van der Waals surface area contributed by atoms with E-state index in [1.165, 1.54) is 0 Å². The smallest absolute Gasteiger partial charge is 0.283 e. The number of aromatic carboxylic acids is 1. The second kappa shape index (κ2) is 11.0. The molecule has 0 radical (unpaired) electrons. The number of nitrogens with zero attached hydrogens (tertiary/aromatic N) is 2. The summed E-state index contributed by atoms with van der Waals surface area (Å²) in [6, 6.07) is 1.58. The van der Waals surface area contributed by atoms with Gasteiger partial charge in [-0.2, -0.15) is 0 Å². The van der Waals surface area contributed by atoms with Crippen LogP contribution in [0.2, 0.25) is 0 Å². The molecule has 1 aromatic rings. The van der Waals surface area contributed by atoms with Crippen molar-refractivity contribution >= 4 is 17.3 Å². The average molecular weight is 425 g/mol. The average Bonchev–Trinajstić information content (AvgIpc) is 2.72. The van der Waals surface area contributed by atoms with Crippen molar-refractivity contribution in [2.24, 2.45) is 0 Å². The van der Waals surface area contributed by atoms with Crippen LogP contribution >= 0.6 is 0 Å². The second-order valence-corrected chi connectivity index (χ2v) is 6.90. The first-order valence-electron chi connectivity index (χ1n) is 9.80. The molecule has 0 aromatic heterocycles. The van der Waals surface area contributed by atoms with Crippen molar-refractivity contribution < 1.29 is 34.0 Å². The summed E-state index contributed by atoms with van der Waals surface area (Å²) in [4.78, 5) is 33.0. The number of carboxylic acid groups (broad SMARTS) is 1. The molecule has 11 nitrogen and oxygen atoms in total. The maximum absolute atomic E-state index is 11.8. The third-order valence-corrected chi connectivity index (χ3v) is 5.03. The van der Waals surface area contributed by atoms with Crippen LogP contribution in [0.1, 0.15) is 54.9 Å². The summed E-state index contributed by atoms with van der Waals surface area (Å²) in [5.74, 6) is -1.72. The van der Waals surface area contributed by atoms with Crippen LogP contribution < -0.4 is 5.11 Å². The molecule has 0 saturated heterocycles. The molecule has 0 bridgehead atoms. The number of benzene rings is 1. The van der Waals surface area contributed by atoms with Gasteiger partial charge in [-0.3, -0.25) is 20.2 Å². The molecule has 0 spiro atoms. The number of ether oxygens (including phenoxy) is 3. The Morgan fingerprint density at radius 1 is 1.00 bits per heavy atom. The van der Waals surface area contributed by atoms with Gasteiger partial charge >= 0.3 is 0 Å². The number of hydrogen-bond donors (Lipinski definition) is 0. The number of carbonyl (C=O) groups excluding carboxylic acids is 1. The lowest BCUT2D eigenvalue weighted by atomic mass is 9.76. The minimum Gasteiger partial charge on any atom is -0.545 e. The number of hydrogen-bond acceptors (Lipinski definition) is 9. The molecule has 2 rings (SSSR count). The lowest BCUT2D eigenvalue weighted by Crippen LogP contribution is -2.38. The van der Waals surface area contributed by atoms with E-state index in [1.807, 2.05) is 6.92 Å². The lowest BCUT2D eigenvalue weighted by molar-refractivity contribution is -0.395. The molecule has 0 unspecified atom stereocenters. The fraction of sp³-hybridized carbons (Fsp3) is 0.632. The highest BCUT2D eigenvalue weighted by Crippen LogP contribution is 2.46. The number of carbonyl (C=O) groups is 1. The van der Waals surface area contributed by atoms with E-state index in [0.29, 0.717) is 45.5 Å². The first-order valence-corrected chi connectivity index (χ1v) is 9.80. The third kappa shape index (κ3) is 5.71. The molecular formula is C19H25N2O9-. The van der Waals surface area contributed by atoms with Gasteiger partial charge in [-0.1, -0.05) is 19.3 Å². The molecule has 0 amide bonds. The summed E-state index contributed by atoms with van der Waals surface area (Å²) in [5, 5.41) is 34.6. The van der Waals surface area contributed by atoms with Crippen molar-refractivity contribution in [3.63, 3.8) is 0 Å². The zero-order valence-electron chi connectivity index (χ0n) is 16.8. The van der Waals surface area contributed by atoms with Crippen LogP contribution in [0, 0.1) is 20.2 Å². The van der Waals surface area contributed by atoms with Crippen molar-refractivity contribution in [1.82, 2.24) is 0 Å². The predicted octanol–water partition coefficient (Wildman–Crippen LogP) is 2.10. The lowest BCUT2D eigenvalue weighted by Gasteiger charge is -2.38. The number of rotatable bonds is 12. The molecule has 1 aromatic carbocycles. The van der Waals surface area contributed by atoms with E-state index >= 15 is 0 Å². The van der Waals surface area contributed by atoms with Gasteiger partial charge in [0, 0.05) is 18.2 Å². The maximum atomic E-state index is 11.8. The Bertz CT molecular complexity index is 740. The summed E-state index contributed by atoms with van der Waals surface area (Å²) < 4.78 is 16.6. The number of carboxylic acids is 1. The Hall–Kier alpha value is -2.63. The standard InChI is InChI=1S/C19H26N2O9/c1-2-28-8-9-29-10-11-30-19(6-4-3-5-7-19)17-15(18(22)23)12-14(20(24)25)13-16(17)21(26)27/h12-13H,2-11H2,1H3,(H,22,23)/p-1. The highest BCUT2D eigenvalue weighted by atomic mass is 16.6. The monoisotopic (exact) mass is 425 g/mol. The number of non-ortho nitro benzene ring substituents is 1.